The Hall–Kier alpha value is -1.13. The zero-order valence-corrected chi connectivity index (χ0v) is 12.7. The maximum atomic E-state index is 6.59. The van der Waals surface area contributed by atoms with Crippen LogP contribution in [-0.4, -0.2) is 28.5 Å². The third-order valence-electron chi connectivity index (χ3n) is 4.40. The van der Waals surface area contributed by atoms with Crippen LogP contribution in [0.1, 0.15) is 52.1 Å². The van der Waals surface area contributed by atoms with Crippen molar-refractivity contribution in [1.29, 1.82) is 0 Å². The van der Waals surface area contributed by atoms with E-state index in [2.05, 4.69) is 37.6 Å². The van der Waals surface area contributed by atoms with E-state index < -0.39 is 0 Å². The topological polar surface area (TPSA) is 68.2 Å². The second-order valence-corrected chi connectivity index (χ2v) is 4.94. The van der Waals surface area contributed by atoms with Crippen LogP contribution in [0.25, 0.3) is 0 Å². The molecule has 1 aromatic rings. The van der Waals surface area contributed by atoms with Gasteiger partial charge in [-0.1, -0.05) is 33.8 Å². The Morgan fingerprint density at radius 2 is 1.79 bits per heavy atom. The summed E-state index contributed by atoms with van der Waals surface area (Å²) >= 11 is 0. The zero-order chi connectivity index (χ0) is 14.5. The highest BCUT2D eigenvalue weighted by Gasteiger charge is 2.39. The number of pyridine rings is 1. The van der Waals surface area contributed by atoms with Gasteiger partial charge in [0.1, 0.15) is 5.82 Å². The number of nitrogens with zero attached hydrogens (tertiary/aromatic N) is 2. The number of rotatable bonds is 7. The summed E-state index contributed by atoms with van der Waals surface area (Å²) in [5, 5.41) is 0. The van der Waals surface area contributed by atoms with Crippen molar-refractivity contribution in [3.05, 3.63) is 23.9 Å². The van der Waals surface area contributed by atoms with Crippen molar-refractivity contribution >= 4 is 5.82 Å². The van der Waals surface area contributed by atoms with Gasteiger partial charge in [-0.15, -0.1) is 0 Å². The van der Waals surface area contributed by atoms with E-state index in [1.54, 1.807) is 6.20 Å². The maximum Gasteiger partial charge on any atom is 0.128 e. The second-order valence-electron chi connectivity index (χ2n) is 4.94. The summed E-state index contributed by atoms with van der Waals surface area (Å²) in [5.74, 6) is 0.549. The smallest absolute Gasteiger partial charge is 0.128 e. The van der Waals surface area contributed by atoms with Gasteiger partial charge >= 0.3 is 0 Å². The third kappa shape index (κ3) is 2.90. The molecule has 1 atom stereocenters. The quantitative estimate of drug-likeness (QED) is 0.794. The van der Waals surface area contributed by atoms with E-state index in [1.807, 2.05) is 12.1 Å². The zero-order valence-electron chi connectivity index (χ0n) is 12.7. The minimum Gasteiger partial charge on any atom is -0.383 e. The van der Waals surface area contributed by atoms with Crippen molar-refractivity contribution in [2.24, 2.45) is 5.73 Å². The minimum atomic E-state index is -0.115. The van der Waals surface area contributed by atoms with E-state index in [0.717, 1.165) is 31.5 Å². The van der Waals surface area contributed by atoms with Crippen molar-refractivity contribution in [2.45, 2.75) is 52.1 Å². The van der Waals surface area contributed by atoms with Gasteiger partial charge in [-0.25, -0.2) is 4.98 Å². The van der Waals surface area contributed by atoms with E-state index in [4.69, 9.17) is 11.5 Å². The standard InChI is InChI=1S/C15H28N4/c1-5-15(6-2,19(7-3)8-4)13(16)12-10-9-11-18-14(12)17/h9-11,13H,5-8,16H2,1-4H3,(H2,17,18). The number of hydrogen-bond donors (Lipinski definition) is 2. The number of nitrogen functional groups attached to an aromatic ring is 1. The predicted octanol–water partition coefficient (Wildman–Crippen LogP) is 2.56. The Kier molecular flexibility index (Phi) is 5.76. The van der Waals surface area contributed by atoms with Crippen LogP contribution in [0.5, 0.6) is 0 Å². The second kappa shape index (κ2) is 6.87. The van der Waals surface area contributed by atoms with E-state index in [0.29, 0.717) is 5.82 Å². The van der Waals surface area contributed by atoms with Crippen molar-refractivity contribution in [3.63, 3.8) is 0 Å². The molecule has 0 spiro atoms. The molecule has 1 aromatic heterocycles. The summed E-state index contributed by atoms with van der Waals surface area (Å²) in [4.78, 5) is 6.62. The van der Waals surface area contributed by atoms with E-state index in [9.17, 15) is 0 Å². The van der Waals surface area contributed by atoms with Gasteiger partial charge in [-0.2, -0.15) is 0 Å². The number of nitrogens with two attached hydrogens (primary N) is 2. The lowest BCUT2D eigenvalue weighted by atomic mass is 9.79. The first-order valence-corrected chi connectivity index (χ1v) is 7.28. The molecule has 4 nitrogen and oxygen atoms in total. The van der Waals surface area contributed by atoms with E-state index in [1.165, 1.54) is 0 Å². The molecule has 1 heterocycles. The van der Waals surface area contributed by atoms with Gasteiger partial charge in [0.15, 0.2) is 0 Å². The SMILES string of the molecule is CCN(CC)C(CC)(CC)C(N)c1cccnc1N. The molecule has 4 heteroatoms. The first kappa shape index (κ1) is 15.9. The van der Waals surface area contributed by atoms with Crippen molar-refractivity contribution in [2.75, 3.05) is 18.8 Å². The fraction of sp³-hybridized carbons (Fsp3) is 0.667. The lowest BCUT2D eigenvalue weighted by Gasteiger charge is -2.46. The van der Waals surface area contributed by atoms with Gasteiger partial charge < -0.3 is 11.5 Å². The Labute approximate surface area is 117 Å². The highest BCUT2D eigenvalue weighted by molar-refractivity contribution is 5.42. The Morgan fingerprint density at radius 1 is 1.21 bits per heavy atom. The largest absolute Gasteiger partial charge is 0.383 e. The van der Waals surface area contributed by atoms with Gasteiger partial charge in [0, 0.05) is 17.3 Å². The fourth-order valence-corrected chi connectivity index (χ4v) is 3.17. The summed E-state index contributed by atoms with van der Waals surface area (Å²) in [6.07, 6.45) is 3.71. The normalized spacial score (nSPS) is 13.8. The molecule has 19 heavy (non-hydrogen) atoms. The van der Waals surface area contributed by atoms with E-state index >= 15 is 0 Å². The lowest BCUT2D eigenvalue weighted by molar-refractivity contribution is 0.0626. The minimum absolute atomic E-state index is 0.0549. The molecular weight excluding hydrogens is 236 g/mol. The van der Waals surface area contributed by atoms with E-state index in [-0.39, 0.29) is 11.6 Å². The number of anilines is 1. The van der Waals surface area contributed by atoms with Crippen LogP contribution in [0.4, 0.5) is 5.82 Å². The molecule has 0 radical (unpaired) electrons. The average Bonchev–Trinajstić information content (AvgIpc) is 2.44. The Morgan fingerprint density at radius 3 is 2.21 bits per heavy atom. The van der Waals surface area contributed by atoms with Crippen LogP contribution >= 0.6 is 0 Å². The van der Waals surface area contributed by atoms with Gasteiger partial charge in [0.2, 0.25) is 0 Å². The van der Waals surface area contributed by atoms with Gasteiger partial charge in [-0.3, -0.25) is 4.90 Å². The lowest BCUT2D eigenvalue weighted by Crippen LogP contribution is -2.55. The van der Waals surface area contributed by atoms with Gasteiger partial charge in [-0.05, 0) is 32.0 Å². The van der Waals surface area contributed by atoms with Crippen LogP contribution in [0.15, 0.2) is 18.3 Å². The van der Waals surface area contributed by atoms with Crippen LogP contribution < -0.4 is 11.5 Å². The molecular formula is C15H28N4. The molecule has 0 amide bonds. The van der Waals surface area contributed by atoms with Crippen molar-refractivity contribution in [1.82, 2.24) is 9.88 Å². The number of aromatic nitrogens is 1. The number of hydrogen-bond acceptors (Lipinski definition) is 4. The Bertz CT molecular complexity index is 383. The Balaban J connectivity index is 3.22. The molecule has 0 saturated heterocycles. The molecule has 0 aliphatic heterocycles. The van der Waals surface area contributed by atoms with Gasteiger partial charge in [0.05, 0.1) is 6.04 Å². The molecule has 0 fully saturated rings. The molecule has 0 aromatic carbocycles. The van der Waals surface area contributed by atoms with Crippen LogP contribution in [0, 0.1) is 0 Å². The van der Waals surface area contributed by atoms with Crippen LogP contribution in [0.2, 0.25) is 0 Å². The molecule has 4 N–H and O–H groups in total. The average molecular weight is 264 g/mol. The third-order valence-corrected chi connectivity index (χ3v) is 4.40. The predicted molar refractivity (Wildman–Crippen MR) is 81.8 cm³/mol. The molecule has 1 rings (SSSR count). The highest BCUT2D eigenvalue weighted by atomic mass is 15.2. The first-order chi connectivity index (χ1) is 9.07. The van der Waals surface area contributed by atoms with Crippen molar-refractivity contribution in [3.8, 4) is 0 Å². The summed E-state index contributed by atoms with van der Waals surface area (Å²) < 4.78 is 0. The molecule has 0 bridgehead atoms. The van der Waals surface area contributed by atoms with Gasteiger partial charge in [0.25, 0.3) is 0 Å². The first-order valence-electron chi connectivity index (χ1n) is 7.28. The monoisotopic (exact) mass is 264 g/mol. The summed E-state index contributed by atoms with van der Waals surface area (Å²) in [6.45, 7) is 10.8. The molecule has 0 aliphatic rings. The molecule has 1 unspecified atom stereocenters. The van der Waals surface area contributed by atoms with Crippen LogP contribution in [0.3, 0.4) is 0 Å². The van der Waals surface area contributed by atoms with Crippen molar-refractivity contribution < 1.29 is 0 Å². The summed E-state index contributed by atoms with van der Waals surface area (Å²) in [7, 11) is 0. The molecule has 0 saturated carbocycles. The summed E-state index contributed by atoms with van der Waals surface area (Å²) in [6, 6.07) is 3.79. The fourth-order valence-electron chi connectivity index (χ4n) is 3.17. The molecule has 0 aliphatic carbocycles. The summed E-state index contributed by atoms with van der Waals surface area (Å²) in [5.41, 5.74) is 13.5. The number of likely N-dealkylation sites (N-methyl/N-ethyl adjacent to an activating group) is 1. The molecule has 108 valence electrons. The maximum absolute atomic E-state index is 6.59. The highest BCUT2D eigenvalue weighted by Crippen LogP contribution is 2.37. The van der Waals surface area contributed by atoms with Crippen LogP contribution in [-0.2, 0) is 0 Å².